The molecular weight excluding hydrogens is 450 g/mol. The summed E-state index contributed by atoms with van der Waals surface area (Å²) < 4.78 is 28.9. The van der Waals surface area contributed by atoms with E-state index in [1.165, 1.54) is 6.92 Å². The van der Waals surface area contributed by atoms with Crippen LogP contribution < -0.4 is 10.2 Å². The van der Waals surface area contributed by atoms with Crippen LogP contribution in [-0.2, 0) is 19.4 Å². The lowest BCUT2D eigenvalue weighted by Crippen LogP contribution is -2.49. The fourth-order valence-electron chi connectivity index (χ4n) is 3.49. The van der Waals surface area contributed by atoms with Crippen LogP contribution in [0.4, 0.5) is 16.4 Å². The number of aromatic nitrogens is 2. The highest BCUT2D eigenvalue weighted by Crippen LogP contribution is 2.27. The Kier molecular flexibility index (Phi) is 7.90. The number of benzene rings is 1. The number of ether oxygens (including phenoxy) is 1. The van der Waals surface area contributed by atoms with Crippen LogP contribution in [0.2, 0.25) is 0 Å². The quantitative estimate of drug-likeness (QED) is 0.544. The van der Waals surface area contributed by atoms with Gasteiger partial charge in [0, 0.05) is 31.9 Å². The number of carbonyl (C=O) groups is 2. The SMILES string of the molecule is CCOC(=O)N1CCN(c2nc3ccccc3nc2NC(CCS(=O)(=O)CC)C(=O)O)CC1. The molecule has 3 rings (SSSR count). The number of amides is 1. The summed E-state index contributed by atoms with van der Waals surface area (Å²) in [7, 11) is -3.32. The van der Waals surface area contributed by atoms with Crippen LogP contribution in [-0.4, -0.2) is 90.8 Å². The van der Waals surface area contributed by atoms with Crippen molar-refractivity contribution in [2.24, 2.45) is 0 Å². The van der Waals surface area contributed by atoms with Gasteiger partial charge in [-0.3, -0.25) is 0 Å². The van der Waals surface area contributed by atoms with Crippen LogP contribution in [0.5, 0.6) is 0 Å². The Labute approximate surface area is 192 Å². The molecule has 0 bridgehead atoms. The van der Waals surface area contributed by atoms with Gasteiger partial charge in [-0.05, 0) is 25.5 Å². The van der Waals surface area contributed by atoms with Crippen molar-refractivity contribution in [1.82, 2.24) is 14.9 Å². The fraction of sp³-hybridized carbons (Fsp3) is 0.524. The number of para-hydroxylation sites is 2. The molecule has 0 saturated carbocycles. The first-order valence-corrected chi connectivity index (χ1v) is 12.7. The summed E-state index contributed by atoms with van der Waals surface area (Å²) in [6.07, 6.45) is -0.473. The summed E-state index contributed by atoms with van der Waals surface area (Å²) in [4.78, 5) is 36.7. The lowest BCUT2D eigenvalue weighted by molar-refractivity contribution is -0.137. The van der Waals surface area contributed by atoms with Crippen LogP contribution in [0.3, 0.4) is 0 Å². The first-order chi connectivity index (χ1) is 15.7. The number of piperazine rings is 1. The normalized spacial score (nSPS) is 15.3. The summed E-state index contributed by atoms with van der Waals surface area (Å²) in [5.41, 5.74) is 1.23. The average molecular weight is 480 g/mol. The van der Waals surface area contributed by atoms with Crippen LogP contribution in [0.25, 0.3) is 11.0 Å². The third-order valence-corrected chi connectivity index (χ3v) is 7.16. The minimum atomic E-state index is -3.32. The zero-order valence-electron chi connectivity index (χ0n) is 18.7. The highest BCUT2D eigenvalue weighted by molar-refractivity contribution is 7.91. The van der Waals surface area contributed by atoms with E-state index in [0.29, 0.717) is 49.6 Å². The van der Waals surface area contributed by atoms with Gasteiger partial charge in [-0.1, -0.05) is 19.1 Å². The number of fused-ring (bicyclic) bond motifs is 1. The second-order valence-electron chi connectivity index (χ2n) is 7.62. The van der Waals surface area contributed by atoms with Crippen molar-refractivity contribution in [3.05, 3.63) is 24.3 Å². The van der Waals surface area contributed by atoms with E-state index in [1.54, 1.807) is 24.0 Å². The smallest absolute Gasteiger partial charge is 0.409 e. The zero-order valence-corrected chi connectivity index (χ0v) is 19.5. The topological polar surface area (TPSA) is 142 Å². The maximum atomic E-state index is 12.0. The molecule has 1 unspecified atom stereocenters. The molecule has 0 radical (unpaired) electrons. The Balaban J connectivity index is 1.87. The number of nitrogens with one attached hydrogen (secondary N) is 1. The number of nitrogens with zero attached hydrogens (tertiary/aromatic N) is 4. The lowest BCUT2D eigenvalue weighted by Gasteiger charge is -2.35. The Morgan fingerprint density at radius 2 is 1.76 bits per heavy atom. The summed E-state index contributed by atoms with van der Waals surface area (Å²) >= 11 is 0. The van der Waals surface area contributed by atoms with Crippen LogP contribution >= 0.6 is 0 Å². The van der Waals surface area contributed by atoms with E-state index >= 15 is 0 Å². The number of sulfone groups is 1. The molecule has 1 aliphatic rings. The predicted molar refractivity (Wildman–Crippen MR) is 124 cm³/mol. The number of hydrogen-bond acceptors (Lipinski definition) is 9. The molecule has 1 atom stereocenters. The van der Waals surface area contributed by atoms with E-state index in [2.05, 4.69) is 10.3 Å². The molecule has 12 heteroatoms. The molecule has 1 aromatic carbocycles. The third kappa shape index (κ3) is 6.21. The highest BCUT2D eigenvalue weighted by atomic mass is 32.2. The average Bonchev–Trinajstić information content (AvgIpc) is 2.81. The Morgan fingerprint density at radius 1 is 1.12 bits per heavy atom. The molecule has 0 aliphatic carbocycles. The van der Waals surface area contributed by atoms with Crippen LogP contribution in [0.1, 0.15) is 20.3 Å². The Bertz CT molecular complexity index is 1100. The molecule has 180 valence electrons. The third-order valence-electron chi connectivity index (χ3n) is 5.42. The monoisotopic (exact) mass is 479 g/mol. The highest BCUT2D eigenvalue weighted by Gasteiger charge is 2.28. The van der Waals surface area contributed by atoms with Gasteiger partial charge in [0.15, 0.2) is 11.6 Å². The molecule has 1 fully saturated rings. The van der Waals surface area contributed by atoms with Gasteiger partial charge in [0.05, 0.1) is 23.4 Å². The minimum Gasteiger partial charge on any atom is -0.480 e. The first-order valence-electron chi connectivity index (χ1n) is 10.9. The van der Waals surface area contributed by atoms with Gasteiger partial charge >= 0.3 is 12.1 Å². The second kappa shape index (κ2) is 10.6. The molecule has 2 heterocycles. The van der Waals surface area contributed by atoms with Crippen molar-refractivity contribution < 1.29 is 27.9 Å². The Hall–Kier alpha value is -3.15. The maximum absolute atomic E-state index is 12.0. The van der Waals surface area contributed by atoms with Crippen molar-refractivity contribution in [2.75, 3.05) is 54.5 Å². The van der Waals surface area contributed by atoms with E-state index in [9.17, 15) is 23.1 Å². The number of carbonyl (C=O) groups excluding carboxylic acids is 1. The molecule has 2 N–H and O–H groups in total. The number of aliphatic carboxylic acids is 1. The number of carboxylic acid groups (broad SMARTS) is 1. The molecule has 1 aromatic heterocycles. The van der Waals surface area contributed by atoms with Gasteiger partial charge in [-0.25, -0.2) is 28.0 Å². The number of anilines is 2. The van der Waals surface area contributed by atoms with Gasteiger partial charge in [0.25, 0.3) is 0 Å². The van der Waals surface area contributed by atoms with Gasteiger partial charge in [-0.15, -0.1) is 0 Å². The van der Waals surface area contributed by atoms with Crippen molar-refractivity contribution in [3.8, 4) is 0 Å². The number of hydrogen-bond donors (Lipinski definition) is 2. The Morgan fingerprint density at radius 3 is 2.33 bits per heavy atom. The standard InChI is InChI=1S/C21H29N5O6S/c1-3-32-21(29)26-12-10-25(11-13-26)19-18(22-15-7-5-6-8-16(15)24-19)23-17(20(27)28)9-14-33(30,31)4-2/h5-8,17H,3-4,9-14H2,1-2H3,(H,22,23)(H,27,28). The van der Waals surface area contributed by atoms with Gasteiger partial charge < -0.3 is 25.0 Å². The lowest BCUT2D eigenvalue weighted by atomic mass is 10.2. The van der Waals surface area contributed by atoms with Crippen LogP contribution in [0.15, 0.2) is 24.3 Å². The zero-order chi connectivity index (χ0) is 24.0. The van der Waals surface area contributed by atoms with E-state index < -0.39 is 21.8 Å². The minimum absolute atomic E-state index is 0.0505. The number of carboxylic acids is 1. The van der Waals surface area contributed by atoms with E-state index in [0.717, 1.165) is 0 Å². The molecule has 1 aliphatic heterocycles. The first kappa shape index (κ1) is 24.5. The van der Waals surface area contributed by atoms with Gasteiger partial charge in [0.2, 0.25) is 0 Å². The van der Waals surface area contributed by atoms with Gasteiger partial charge in [0.1, 0.15) is 15.9 Å². The largest absolute Gasteiger partial charge is 0.480 e. The van der Waals surface area contributed by atoms with Crippen molar-refractivity contribution in [3.63, 3.8) is 0 Å². The summed E-state index contributed by atoms with van der Waals surface area (Å²) in [5, 5.41) is 12.6. The van der Waals surface area contributed by atoms with Crippen LogP contribution in [0, 0.1) is 0 Å². The molecule has 0 spiro atoms. The fourth-order valence-corrected chi connectivity index (χ4v) is 4.37. The molecule has 11 nitrogen and oxygen atoms in total. The maximum Gasteiger partial charge on any atom is 0.409 e. The molecule has 1 saturated heterocycles. The van der Waals surface area contributed by atoms with E-state index in [1.807, 2.05) is 17.0 Å². The predicted octanol–water partition coefficient (Wildman–Crippen LogP) is 1.60. The summed E-state index contributed by atoms with van der Waals surface area (Å²) in [5.74, 6) is -0.747. The molecular formula is C21H29N5O6S. The summed E-state index contributed by atoms with van der Waals surface area (Å²) in [6, 6.07) is 6.07. The molecule has 2 aromatic rings. The van der Waals surface area contributed by atoms with Crippen molar-refractivity contribution in [2.45, 2.75) is 26.3 Å². The van der Waals surface area contributed by atoms with E-state index in [-0.39, 0.29) is 29.8 Å². The van der Waals surface area contributed by atoms with Crippen molar-refractivity contribution in [1.29, 1.82) is 0 Å². The summed E-state index contributed by atoms with van der Waals surface area (Å²) in [6.45, 7) is 5.34. The van der Waals surface area contributed by atoms with Crippen molar-refractivity contribution >= 4 is 44.6 Å². The van der Waals surface area contributed by atoms with Gasteiger partial charge in [-0.2, -0.15) is 0 Å². The second-order valence-corrected chi connectivity index (χ2v) is 10.1. The molecule has 1 amide bonds. The van der Waals surface area contributed by atoms with E-state index in [4.69, 9.17) is 9.72 Å². The number of rotatable bonds is 9. The molecule has 33 heavy (non-hydrogen) atoms.